The van der Waals surface area contributed by atoms with Gasteiger partial charge in [-0.25, -0.2) is 9.97 Å². The summed E-state index contributed by atoms with van der Waals surface area (Å²) in [6.07, 6.45) is 4.05. The molecule has 0 aliphatic heterocycles. The van der Waals surface area contributed by atoms with Crippen molar-refractivity contribution in [3.8, 4) is 34.1 Å². The highest BCUT2D eigenvalue weighted by Gasteiger charge is 2.14. The summed E-state index contributed by atoms with van der Waals surface area (Å²) in [6, 6.07) is 11.8. The zero-order valence-corrected chi connectivity index (χ0v) is 15.6. The number of methoxy groups -OCH3 is 2. The number of ether oxygens (including phenoxy) is 2. The van der Waals surface area contributed by atoms with Gasteiger partial charge in [-0.15, -0.1) is 11.3 Å². The lowest BCUT2D eigenvalue weighted by Gasteiger charge is -2.08. The first-order chi connectivity index (χ1) is 13.3. The monoisotopic (exact) mass is 376 g/mol. The Labute approximate surface area is 159 Å². The molecule has 6 nitrogen and oxygen atoms in total. The van der Waals surface area contributed by atoms with E-state index in [-0.39, 0.29) is 0 Å². The molecule has 0 atom stereocenters. The molecule has 0 aliphatic rings. The summed E-state index contributed by atoms with van der Waals surface area (Å²) in [5.41, 5.74) is 4.75. The third kappa shape index (κ3) is 2.55. The predicted octanol–water partition coefficient (Wildman–Crippen LogP) is 4.62. The van der Waals surface area contributed by atoms with Gasteiger partial charge in [0.1, 0.15) is 5.82 Å². The number of hydrogen-bond donors (Lipinski definition) is 1. The van der Waals surface area contributed by atoms with Gasteiger partial charge in [-0.3, -0.25) is 4.40 Å². The van der Waals surface area contributed by atoms with E-state index in [4.69, 9.17) is 19.4 Å². The Bertz CT molecular complexity index is 1240. The van der Waals surface area contributed by atoms with E-state index in [2.05, 4.69) is 11.1 Å². The lowest BCUT2D eigenvalue weighted by Crippen LogP contribution is -1.91. The van der Waals surface area contributed by atoms with Crippen molar-refractivity contribution in [2.75, 3.05) is 14.2 Å². The first-order valence-electron chi connectivity index (χ1n) is 8.40. The van der Waals surface area contributed by atoms with E-state index < -0.39 is 0 Å². The standard InChI is InChI=1S/C20H16N4O2S/c1-25-16-7-6-12(10-17(16)26-2)19-21-14-5-3-4-13(18(14)23-19)15-11-24-8-9-27-20(24)22-15/h3-11H,1-2H3,(H,21,23). The number of imidazole rings is 2. The molecule has 0 radical (unpaired) electrons. The second kappa shape index (κ2) is 6.14. The zero-order chi connectivity index (χ0) is 18.4. The topological polar surface area (TPSA) is 64.4 Å². The molecule has 2 aromatic carbocycles. The minimum Gasteiger partial charge on any atom is -0.493 e. The maximum atomic E-state index is 5.41. The van der Waals surface area contributed by atoms with Crippen LogP contribution in [-0.2, 0) is 0 Å². The Morgan fingerprint density at radius 1 is 1.04 bits per heavy atom. The minimum atomic E-state index is 0.671. The van der Waals surface area contributed by atoms with E-state index in [1.807, 2.05) is 52.5 Å². The summed E-state index contributed by atoms with van der Waals surface area (Å²) in [7, 11) is 3.25. The fraction of sp³-hybridized carbons (Fsp3) is 0.100. The van der Waals surface area contributed by atoms with Crippen LogP contribution in [0.4, 0.5) is 0 Å². The van der Waals surface area contributed by atoms with Crippen molar-refractivity contribution < 1.29 is 9.47 Å². The molecule has 0 unspecified atom stereocenters. The molecule has 3 heterocycles. The summed E-state index contributed by atoms with van der Waals surface area (Å²) < 4.78 is 12.8. The molecule has 5 rings (SSSR count). The van der Waals surface area contributed by atoms with Crippen LogP contribution >= 0.6 is 11.3 Å². The van der Waals surface area contributed by atoms with Crippen LogP contribution in [0.2, 0.25) is 0 Å². The van der Waals surface area contributed by atoms with Gasteiger partial charge in [0.15, 0.2) is 16.5 Å². The van der Waals surface area contributed by atoms with E-state index in [9.17, 15) is 0 Å². The quantitative estimate of drug-likeness (QED) is 0.497. The number of nitrogens with zero attached hydrogens (tertiary/aromatic N) is 3. The number of nitrogens with one attached hydrogen (secondary N) is 1. The van der Waals surface area contributed by atoms with Crippen molar-refractivity contribution in [3.63, 3.8) is 0 Å². The Morgan fingerprint density at radius 3 is 2.74 bits per heavy atom. The largest absolute Gasteiger partial charge is 0.493 e. The molecular weight excluding hydrogens is 360 g/mol. The highest BCUT2D eigenvalue weighted by molar-refractivity contribution is 7.15. The molecule has 0 aliphatic carbocycles. The molecule has 0 spiro atoms. The fourth-order valence-electron chi connectivity index (χ4n) is 3.22. The smallest absolute Gasteiger partial charge is 0.194 e. The van der Waals surface area contributed by atoms with Gasteiger partial charge in [0.25, 0.3) is 0 Å². The van der Waals surface area contributed by atoms with Crippen LogP contribution in [0.25, 0.3) is 38.6 Å². The van der Waals surface area contributed by atoms with Crippen molar-refractivity contribution >= 4 is 27.3 Å². The number of benzene rings is 2. The number of para-hydroxylation sites is 1. The molecule has 1 N–H and O–H groups in total. The first kappa shape index (κ1) is 15.9. The van der Waals surface area contributed by atoms with Gasteiger partial charge in [-0.05, 0) is 24.3 Å². The molecule has 27 heavy (non-hydrogen) atoms. The number of aromatic amines is 1. The second-order valence-corrected chi connectivity index (χ2v) is 6.95. The fourth-order valence-corrected chi connectivity index (χ4v) is 3.92. The maximum absolute atomic E-state index is 5.41. The molecule has 3 aromatic heterocycles. The van der Waals surface area contributed by atoms with Gasteiger partial charge in [0.05, 0.1) is 30.9 Å². The van der Waals surface area contributed by atoms with Crippen molar-refractivity contribution in [2.45, 2.75) is 0 Å². The Morgan fingerprint density at radius 2 is 1.93 bits per heavy atom. The van der Waals surface area contributed by atoms with Crippen molar-refractivity contribution in [2.24, 2.45) is 0 Å². The molecule has 0 bridgehead atoms. The second-order valence-electron chi connectivity index (χ2n) is 6.07. The minimum absolute atomic E-state index is 0.671. The summed E-state index contributed by atoms with van der Waals surface area (Å²) in [5, 5.41) is 2.03. The summed E-state index contributed by atoms with van der Waals surface area (Å²) >= 11 is 1.62. The highest BCUT2D eigenvalue weighted by atomic mass is 32.1. The highest BCUT2D eigenvalue weighted by Crippen LogP contribution is 2.34. The number of hydrogen-bond acceptors (Lipinski definition) is 5. The lowest BCUT2D eigenvalue weighted by atomic mass is 10.1. The van der Waals surface area contributed by atoms with E-state index in [1.54, 1.807) is 25.6 Å². The van der Waals surface area contributed by atoms with Crippen LogP contribution < -0.4 is 9.47 Å². The molecule has 0 fully saturated rings. The molecule has 134 valence electrons. The van der Waals surface area contributed by atoms with Crippen molar-refractivity contribution in [3.05, 3.63) is 54.2 Å². The molecular formula is C20H16N4O2S. The molecule has 0 saturated heterocycles. The zero-order valence-electron chi connectivity index (χ0n) is 14.8. The summed E-state index contributed by atoms with van der Waals surface area (Å²) in [6.45, 7) is 0. The third-order valence-electron chi connectivity index (χ3n) is 4.54. The summed E-state index contributed by atoms with van der Waals surface area (Å²) in [4.78, 5) is 13.9. The van der Waals surface area contributed by atoms with Crippen LogP contribution in [0.3, 0.4) is 0 Å². The van der Waals surface area contributed by atoms with Crippen molar-refractivity contribution in [1.29, 1.82) is 0 Å². The molecule has 0 amide bonds. The van der Waals surface area contributed by atoms with Gasteiger partial charge in [0, 0.05) is 28.9 Å². The van der Waals surface area contributed by atoms with E-state index in [0.29, 0.717) is 11.5 Å². The van der Waals surface area contributed by atoms with Gasteiger partial charge in [-0.2, -0.15) is 0 Å². The number of thiazole rings is 1. The van der Waals surface area contributed by atoms with Crippen molar-refractivity contribution in [1.82, 2.24) is 19.4 Å². The molecule has 5 aromatic rings. The van der Waals surface area contributed by atoms with E-state index >= 15 is 0 Å². The van der Waals surface area contributed by atoms with Gasteiger partial charge >= 0.3 is 0 Å². The van der Waals surface area contributed by atoms with Crippen LogP contribution in [0, 0.1) is 0 Å². The van der Waals surface area contributed by atoms with Gasteiger partial charge < -0.3 is 14.5 Å². The molecule has 7 heteroatoms. The predicted molar refractivity (Wildman–Crippen MR) is 107 cm³/mol. The van der Waals surface area contributed by atoms with Crippen LogP contribution in [0.1, 0.15) is 0 Å². The third-order valence-corrected chi connectivity index (χ3v) is 5.32. The first-order valence-corrected chi connectivity index (χ1v) is 9.28. The average molecular weight is 376 g/mol. The summed E-state index contributed by atoms with van der Waals surface area (Å²) in [5.74, 6) is 2.14. The maximum Gasteiger partial charge on any atom is 0.194 e. The SMILES string of the molecule is COc1ccc(-c2nc3cccc(-c4cn5ccsc5n4)c3[nH]2)cc1OC. The van der Waals surface area contributed by atoms with Gasteiger partial charge in [0.2, 0.25) is 0 Å². The van der Waals surface area contributed by atoms with E-state index in [0.717, 1.165) is 38.6 Å². The Kier molecular flexibility index (Phi) is 3.61. The number of rotatable bonds is 4. The van der Waals surface area contributed by atoms with Crippen LogP contribution in [-0.4, -0.2) is 33.6 Å². The number of fused-ring (bicyclic) bond motifs is 2. The van der Waals surface area contributed by atoms with Crippen LogP contribution in [0.5, 0.6) is 11.5 Å². The van der Waals surface area contributed by atoms with Gasteiger partial charge in [-0.1, -0.05) is 12.1 Å². The average Bonchev–Trinajstić information content (AvgIpc) is 3.41. The van der Waals surface area contributed by atoms with Crippen LogP contribution in [0.15, 0.2) is 54.2 Å². The normalized spacial score (nSPS) is 11.3. The van der Waals surface area contributed by atoms with E-state index in [1.165, 1.54) is 0 Å². The molecule has 0 saturated carbocycles. The number of aromatic nitrogens is 4. The Balaban J connectivity index is 1.65. The Hall–Kier alpha value is -3.32. The lowest BCUT2D eigenvalue weighted by molar-refractivity contribution is 0.355. The number of H-pyrrole nitrogens is 1.